The van der Waals surface area contributed by atoms with Gasteiger partial charge in [0.15, 0.2) is 5.76 Å². The van der Waals surface area contributed by atoms with Gasteiger partial charge >= 0.3 is 0 Å². The summed E-state index contributed by atoms with van der Waals surface area (Å²) in [7, 11) is -3.63. The number of anilines is 1. The molecule has 136 valence electrons. The van der Waals surface area contributed by atoms with Gasteiger partial charge in [-0.1, -0.05) is 24.2 Å². The summed E-state index contributed by atoms with van der Waals surface area (Å²) in [5.74, 6) is 1.02. The molecule has 0 radical (unpaired) electrons. The largest absolute Gasteiger partial charge is 0.371 e. The molecule has 1 N–H and O–H groups in total. The second kappa shape index (κ2) is 7.17. The van der Waals surface area contributed by atoms with Crippen molar-refractivity contribution in [1.29, 1.82) is 0 Å². The van der Waals surface area contributed by atoms with Crippen molar-refractivity contribution in [3.05, 3.63) is 41.3 Å². The zero-order chi connectivity index (χ0) is 18.0. The molecular formula is C18H25N3O3S. The minimum atomic E-state index is -3.63. The molecule has 0 spiro atoms. The van der Waals surface area contributed by atoms with Crippen molar-refractivity contribution in [3.63, 3.8) is 0 Å². The SMILES string of the molecule is Cc1noc(C)c1S(=O)(=O)NCc1ccc(N2CCC[C@H](C)C2)cc1. The fourth-order valence-electron chi connectivity index (χ4n) is 3.36. The zero-order valence-electron chi connectivity index (χ0n) is 14.9. The molecule has 0 bridgehead atoms. The highest BCUT2D eigenvalue weighted by Gasteiger charge is 2.23. The Balaban J connectivity index is 1.66. The third-order valence-electron chi connectivity index (χ3n) is 4.66. The van der Waals surface area contributed by atoms with Crippen molar-refractivity contribution in [2.24, 2.45) is 5.92 Å². The van der Waals surface area contributed by atoms with Gasteiger partial charge in [-0.2, -0.15) is 0 Å². The van der Waals surface area contributed by atoms with Crippen molar-refractivity contribution >= 4 is 15.7 Å². The molecule has 0 aliphatic carbocycles. The van der Waals surface area contributed by atoms with Crippen molar-refractivity contribution in [2.45, 2.75) is 45.1 Å². The predicted octanol–water partition coefficient (Wildman–Crippen LogP) is 3.01. The quantitative estimate of drug-likeness (QED) is 0.884. The van der Waals surface area contributed by atoms with E-state index in [0.29, 0.717) is 11.5 Å². The Kier molecular flexibility index (Phi) is 5.15. The minimum Gasteiger partial charge on any atom is -0.371 e. The maximum atomic E-state index is 12.4. The second-order valence-electron chi connectivity index (χ2n) is 6.84. The molecule has 0 saturated carbocycles. The molecule has 1 aromatic carbocycles. The summed E-state index contributed by atoms with van der Waals surface area (Å²) < 4.78 is 32.5. The number of nitrogens with zero attached hydrogens (tertiary/aromatic N) is 2. The highest BCUT2D eigenvalue weighted by atomic mass is 32.2. The molecule has 0 unspecified atom stereocenters. The molecule has 1 atom stereocenters. The summed E-state index contributed by atoms with van der Waals surface area (Å²) in [5, 5.41) is 3.71. The van der Waals surface area contributed by atoms with E-state index in [1.165, 1.54) is 18.5 Å². The van der Waals surface area contributed by atoms with Crippen LogP contribution in [0, 0.1) is 19.8 Å². The lowest BCUT2D eigenvalue weighted by molar-refractivity contribution is 0.390. The first kappa shape index (κ1) is 17.9. The van der Waals surface area contributed by atoms with Crippen LogP contribution in [0.3, 0.4) is 0 Å². The van der Waals surface area contributed by atoms with E-state index in [-0.39, 0.29) is 11.4 Å². The summed E-state index contributed by atoms with van der Waals surface area (Å²) >= 11 is 0. The Labute approximate surface area is 149 Å². The van der Waals surface area contributed by atoms with Crippen molar-refractivity contribution in [3.8, 4) is 0 Å². The molecule has 1 saturated heterocycles. The fourth-order valence-corrected chi connectivity index (χ4v) is 4.70. The van der Waals surface area contributed by atoms with E-state index in [2.05, 4.69) is 33.8 Å². The average molecular weight is 363 g/mol. The van der Waals surface area contributed by atoms with Crippen LogP contribution in [0.25, 0.3) is 0 Å². The molecule has 1 aliphatic rings. The Morgan fingerprint density at radius 3 is 2.60 bits per heavy atom. The monoisotopic (exact) mass is 363 g/mol. The minimum absolute atomic E-state index is 0.131. The van der Waals surface area contributed by atoms with Gasteiger partial charge in [0.1, 0.15) is 10.6 Å². The summed E-state index contributed by atoms with van der Waals surface area (Å²) in [6.07, 6.45) is 2.51. The van der Waals surface area contributed by atoms with Gasteiger partial charge in [0.05, 0.1) is 0 Å². The van der Waals surface area contributed by atoms with Gasteiger partial charge < -0.3 is 9.42 Å². The van der Waals surface area contributed by atoms with Crippen LogP contribution in [0.15, 0.2) is 33.7 Å². The van der Waals surface area contributed by atoms with Crippen LogP contribution >= 0.6 is 0 Å². The molecule has 1 fully saturated rings. The summed E-state index contributed by atoms with van der Waals surface area (Å²) in [6.45, 7) is 7.91. The van der Waals surface area contributed by atoms with E-state index in [4.69, 9.17) is 4.52 Å². The number of rotatable bonds is 5. The van der Waals surface area contributed by atoms with E-state index in [1.807, 2.05) is 12.1 Å². The van der Waals surface area contributed by atoms with Crippen molar-refractivity contribution in [1.82, 2.24) is 9.88 Å². The summed E-state index contributed by atoms with van der Waals surface area (Å²) in [4.78, 5) is 2.53. The number of aryl methyl sites for hydroxylation is 2. The molecule has 3 rings (SSSR count). The predicted molar refractivity (Wildman–Crippen MR) is 97.1 cm³/mol. The van der Waals surface area contributed by atoms with Gasteiger partial charge in [-0.25, -0.2) is 13.1 Å². The Morgan fingerprint density at radius 1 is 1.28 bits per heavy atom. The number of nitrogens with one attached hydrogen (secondary N) is 1. The summed E-state index contributed by atoms with van der Waals surface area (Å²) in [6, 6.07) is 8.09. The van der Waals surface area contributed by atoms with Crippen LogP contribution in [0.4, 0.5) is 5.69 Å². The van der Waals surface area contributed by atoms with Gasteiger partial charge in [-0.05, 0) is 50.3 Å². The van der Waals surface area contributed by atoms with Crippen LogP contribution in [0.1, 0.15) is 36.8 Å². The van der Waals surface area contributed by atoms with Gasteiger partial charge in [-0.15, -0.1) is 0 Å². The highest BCUT2D eigenvalue weighted by molar-refractivity contribution is 7.89. The number of sulfonamides is 1. The van der Waals surface area contributed by atoms with Crippen molar-refractivity contribution < 1.29 is 12.9 Å². The molecule has 1 aromatic heterocycles. The molecule has 6 nitrogen and oxygen atoms in total. The molecule has 7 heteroatoms. The molecule has 2 aromatic rings. The number of aromatic nitrogens is 1. The lowest BCUT2D eigenvalue weighted by Crippen LogP contribution is -2.34. The first-order chi connectivity index (χ1) is 11.9. The Bertz CT molecular complexity index is 808. The standard InChI is InChI=1S/C18H25N3O3S/c1-13-5-4-10-21(12-13)17-8-6-16(7-9-17)11-19-25(22,23)18-14(2)20-24-15(18)3/h6-9,13,19H,4-5,10-12H2,1-3H3/t13-/m0/s1. The van der Waals surface area contributed by atoms with Crippen molar-refractivity contribution in [2.75, 3.05) is 18.0 Å². The van der Waals surface area contributed by atoms with Gasteiger partial charge in [0.2, 0.25) is 10.0 Å². The van der Waals surface area contributed by atoms with Crippen LogP contribution < -0.4 is 9.62 Å². The van der Waals surface area contributed by atoms with E-state index in [0.717, 1.165) is 24.6 Å². The average Bonchev–Trinajstić information content (AvgIpc) is 2.93. The normalized spacial score (nSPS) is 18.5. The summed E-state index contributed by atoms with van der Waals surface area (Å²) in [5.41, 5.74) is 2.49. The van der Waals surface area contributed by atoms with Crippen LogP contribution in [-0.4, -0.2) is 26.7 Å². The zero-order valence-corrected chi connectivity index (χ0v) is 15.8. The van der Waals surface area contributed by atoms with Gasteiger partial charge in [-0.3, -0.25) is 0 Å². The smallest absolute Gasteiger partial charge is 0.246 e. The molecular weight excluding hydrogens is 338 g/mol. The maximum Gasteiger partial charge on any atom is 0.246 e. The first-order valence-electron chi connectivity index (χ1n) is 8.63. The molecule has 2 heterocycles. The topological polar surface area (TPSA) is 75.4 Å². The van der Waals surface area contributed by atoms with E-state index in [9.17, 15) is 8.42 Å². The third kappa shape index (κ3) is 4.04. The van der Waals surface area contributed by atoms with E-state index in [1.54, 1.807) is 13.8 Å². The number of piperidine rings is 1. The van der Waals surface area contributed by atoms with E-state index < -0.39 is 10.0 Å². The van der Waals surface area contributed by atoms with Crippen LogP contribution in [-0.2, 0) is 16.6 Å². The Hall–Kier alpha value is -1.86. The fraction of sp³-hybridized carbons (Fsp3) is 0.500. The molecule has 25 heavy (non-hydrogen) atoms. The molecule has 1 aliphatic heterocycles. The Morgan fingerprint density at radius 2 is 2.00 bits per heavy atom. The molecule has 0 amide bonds. The lowest BCUT2D eigenvalue weighted by Gasteiger charge is -2.32. The van der Waals surface area contributed by atoms with Crippen LogP contribution in [0.2, 0.25) is 0 Å². The second-order valence-corrected chi connectivity index (χ2v) is 8.54. The van der Waals surface area contributed by atoms with E-state index >= 15 is 0 Å². The number of benzene rings is 1. The highest BCUT2D eigenvalue weighted by Crippen LogP contribution is 2.23. The van der Waals surface area contributed by atoms with Crippen LogP contribution in [0.5, 0.6) is 0 Å². The third-order valence-corrected chi connectivity index (χ3v) is 6.31. The number of hydrogen-bond acceptors (Lipinski definition) is 5. The first-order valence-corrected chi connectivity index (χ1v) is 10.1. The van der Waals surface area contributed by atoms with Gasteiger partial charge in [0.25, 0.3) is 0 Å². The maximum absolute atomic E-state index is 12.4. The lowest BCUT2D eigenvalue weighted by atomic mass is 9.99. The van der Waals surface area contributed by atoms with Gasteiger partial charge in [0, 0.05) is 25.3 Å². The number of hydrogen-bond donors (Lipinski definition) is 1.